The van der Waals surface area contributed by atoms with Gasteiger partial charge < -0.3 is 0 Å². The van der Waals surface area contributed by atoms with Crippen LogP contribution in [-0.4, -0.2) is 4.98 Å². The highest BCUT2D eigenvalue weighted by atomic mass is 14.6. The Bertz CT molecular complexity index is 484. The molecule has 0 amide bonds. The van der Waals surface area contributed by atoms with Gasteiger partial charge in [0.1, 0.15) is 0 Å². The average Bonchev–Trinajstić information content (AvgIpc) is 2.33. The van der Waals surface area contributed by atoms with Crippen molar-refractivity contribution >= 4 is 17.0 Å². The summed E-state index contributed by atoms with van der Waals surface area (Å²) in [6.07, 6.45) is 6.02. The van der Waals surface area contributed by atoms with Gasteiger partial charge in [-0.15, -0.1) is 0 Å². The number of aromatic nitrogens is 1. The molecule has 0 N–H and O–H groups in total. The lowest BCUT2D eigenvalue weighted by Gasteiger charge is -2.02. The van der Waals surface area contributed by atoms with Crippen LogP contribution in [0, 0.1) is 6.92 Å². The van der Waals surface area contributed by atoms with E-state index in [4.69, 9.17) is 0 Å². The van der Waals surface area contributed by atoms with Crippen LogP contribution in [0.15, 0.2) is 36.5 Å². The number of rotatable bonds is 1. The number of benzene rings is 1. The molecule has 0 fully saturated rings. The summed E-state index contributed by atoms with van der Waals surface area (Å²) in [4.78, 5) is 4.32. The second-order valence-electron chi connectivity index (χ2n) is 3.40. The maximum Gasteiger partial charge on any atom is 0.0705 e. The second kappa shape index (κ2) is 6.06. The van der Waals surface area contributed by atoms with E-state index in [1.807, 2.05) is 33.0 Å². The summed E-state index contributed by atoms with van der Waals surface area (Å²) in [5, 5.41) is 1.20. The molecule has 2 rings (SSSR count). The first-order chi connectivity index (χ1) is 7.81. The fourth-order valence-corrected chi connectivity index (χ4v) is 1.60. The molecule has 2 aromatic rings. The molecular weight excluding hydrogens is 194 g/mol. The van der Waals surface area contributed by atoms with Crippen LogP contribution in [0.1, 0.15) is 31.9 Å². The normalized spacial score (nSPS) is 10.2. The Morgan fingerprint density at radius 2 is 1.94 bits per heavy atom. The van der Waals surface area contributed by atoms with Crippen molar-refractivity contribution in [2.45, 2.75) is 27.7 Å². The Hall–Kier alpha value is -1.63. The van der Waals surface area contributed by atoms with Crippen LogP contribution in [-0.2, 0) is 0 Å². The fourth-order valence-electron chi connectivity index (χ4n) is 1.60. The van der Waals surface area contributed by atoms with Crippen molar-refractivity contribution in [3.63, 3.8) is 0 Å². The van der Waals surface area contributed by atoms with Gasteiger partial charge in [-0.05, 0) is 43.2 Å². The average molecular weight is 213 g/mol. The molecule has 0 aliphatic heterocycles. The zero-order valence-electron chi connectivity index (χ0n) is 10.5. The van der Waals surface area contributed by atoms with E-state index in [0.717, 1.165) is 5.52 Å². The van der Waals surface area contributed by atoms with E-state index >= 15 is 0 Å². The van der Waals surface area contributed by atoms with Crippen molar-refractivity contribution < 1.29 is 0 Å². The van der Waals surface area contributed by atoms with Crippen LogP contribution in [0.4, 0.5) is 0 Å². The third kappa shape index (κ3) is 2.69. The molecule has 0 bridgehead atoms. The molecule has 1 heteroatoms. The summed E-state index contributed by atoms with van der Waals surface area (Å²) in [5.41, 5.74) is 3.61. The molecule has 0 aliphatic carbocycles. The number of hydrogen-bond donors (Lipinski definition) is 0. The Balaban J connectivity index is 0.000000606. The SMILES string of the molecule is C/C=C\c1cc2cccnc2cc1C.CC. The van der Waals surface area contributed by atoms with Gasteiger partial charge in [0.2, 0.25) is 0 Å². The topological polar surface area (TPSA) is 12.9 Å². The zero-order chi connectivity index (χ0) is 12.0. The van der Waals surface area contributed by atoms with Gasteiger partial charge in [0.15, 0.2) is 0 Å². The summed E-state index contributed by atoms with van der Waals surface area (Å²) >= 11 is 0. The van der Waals surface area contributed by atoms with Gasteiger partial charge in [-0.2, -0.15) is 0 Å². The van der Waals surface area contributed by atoms with E-state index in [-0.39, 0.29) is 0 Å². The fraction of sp³-hybridized carbons (Fsp3) is 0.267. The molecule has 0 atom stereocenters. The Kier molecular flexibility index (Phi) is 4.71. The maximum atomic E-state index is 4.32. The molecule has 0 unspecified atom stereocenters. The molecule has 84 valence electrons. The summed E-state index contributed by atoms with van der Waals surface area (Å²) in [5.74, 6) is 0. The van der Waals surface area contributed by atoms with Crippen molar-refractivity contribution in [1.82, 2.24) is 4.98 Å². The molecule has 1 aromatic carbocycles. The zero-order valence-corrected chi connectivity index (χ0v) is 10.5. The van der Waals surface area contributed by atoms with Gasteiger partial charge in [0, 0.05) is 11.6 Å². The van der Waals surface area contributed by atoms with Crippen LogP contribution in [0.2, 0.25) is 0 Å². The van der Waals surface area contributed by atoms with Crippen molar-refractivity contribution in [3.8, 4) is 0 Å². The lowest BCUT2D eigenvalue weighted by molar-refractivity contribution is 1.38. The molecule has 0 aliphatic rings. The van der Waals surface area contributed by atoms with E-state index in [0.29, 0.717) is 0 Å². The summed E-state index contributed by atoms with van der Waals surface area (Å²) < 4.78 is 0. The molecule has 1 aromatic heterocycles. The number of aryl methyl sites for hydroxylation is 1. The first-order valence-corrected chi connectivity index (χ1v) is 5.79. The molecule has 0 spiro atoms. The summed E-state index contributed by atoms with van der Waals surface area (Å²) in [6.45, 7) is 8.15. The smallest absolute Gasteiger partial charge is 0.0705 e. The van der Waals surface area contributed by atoms with E-state index in [1.165, 1.54) is 16.5 Å². The highest BCUT2D eigenvalue weighted by molar-refractivity contribution is 5.82. The minimum Gasteiger partial charge on any atom is -0.256 e. The van der Waals surface area contributed by atoms with E-state index in [9.17, 15) is 0 Å². The summed E-state index contributed by atoms with van der Waals surface area (Å²) in [7, 11) is 0. The quantitative estimate of drug-likeness (QED) is 0.674. The van der Waals surface area contributed by atoms with Crippen molar-refractivity contribution in [2.75, 3.05) is 0 Å². The molecule has 16 heavy (non-hydrogen) atoms. The van der Waals surface area contributed by atoms with Crippen LogP contribution in [0.5, 0.6) is 0 Å². The van der Waals surface area contributed by atoms with Gasteiger partial charge in [-0.25, -0.2) is 0 Å². The standard InChI is InChI=1S/C13H13N.C2H6/c1-3-5-11-9-12-6-4-7-14-13(12)8-10(11)2;1-2/h3-9H,1-2H3;1-2H3/b5-3-;. The monoisotopic (exact) mass is 213 g/mol. The lowest BCUT2D eigenvalue weighted by Crippen LogP contribution is -1.84. The first kappa shape index (κ1) is 12.4. The van der Waals surface area contributed by atoms with Gasteiger partial charge in [-0.1, -0.05) is 32.1 Å². The minimum absolute atomic E-state index is 1.07. The minimum atomic E-state index is 1.07. The molecule has 0 saturated heterocycles. The molecule has 0 saturated carbocycles. The number of hydrogen-bond acceptors (Lipinski definition) is 1. The predicted octanol–water partition coefficient (Wildman–Crippen LogP) is 4.60. The van der Waals surface area contributed by atoms with Gasteiger partial charge >= 0.3 is 0 Å². The third-order valence-corrected chi connectivity index (χ3v) is 2.34. The predicted molar refractivity (Wildman–Crippen MR) is 72.5 cm³/mol. The third-order valence-electron chi connectivity index (χ3n) is 2.34. The van der Waals surface area contributed by atoms with E-state index < -0.39 is 0 Å². The highest BCUT2D eigenvalue weighted by Crippen LogP contribution is 2.18. The van der Waals surface area contributed by atoms with Gasteiger partial charge in [0.05, 0.1) is 5.52 Å². The van der Waals surface area contributed by atoms with Crippen LogP contribution < -0.4 is 0 Å². The molecule has 1 heterocycles. The van der Waals surface area contributed by atoms with Crippen LogP contribution in [0.3, 0.4) is 0 Å². The van der Waals surface area contributed by atoms with E-state index in [2.05, 4.69) is 42.3 Å². The number of pyridine rings is 1. The second-order valence-corrected chi connectivity index (χ2v) is 3.40. The lowest BCUT2D eigenvalue weighted by atomic mass is 10.0. The van der Waals surface area contributed by atoms with Crippen molar-refractivity contribution in [2.24, 2.45) is 0 Å². The number of fused-ring (bicyclic) bond motifs is 1. The highest BCUT2D eigenvalue weighted by Gasteiger charge is 1.98. The van der Waals surface area contributed by atoms with Crippen molar-refractivity contribution in [1.29, 1.82) is 0 Å². The maximum absolute atomic E-state index is 4.32. The van der Waals surface area contributed by atoms with Crippen LogP contribution in [0.25, 0.3) is 17.0 Å². The largest absolute Gasteiger partial charge is 0.256 e. The molecular formula is C15H19N. The summed E-state index contributed by atoms with van der Waals surface area (Å²) in [6, 6.07) is 8.37. The number of nitrogens with zero attached hydrogens (tertiary/aromatic N) is 1. The first-order valence-electron chi connectivity index (χ1n) is 5.79. The molecule has 1 nitrogen and oxygen atoms in total. The number of allylic oxidation sites excluding steroid dienone is 1. The van der Waals surface area contributed by atoms with Gasteiger partial charge in [0.25, 0.3) is 0 Å². The van der Waals surface area contributed by atoms with Crippen molar-refractivity contribution in [3.05, 3.63) is 47.7 Å². The Labute approximate surface area is 97.8 Å². The Morgan fingerprint density at radius 1 is 1.19 bits per heavy atom. The molecule has 0 radical (unpaired) electrons. The Morgan fingerprint density at radius 3 is 2.62 bits per heavy atom. The van der Waals surface area contributed by atoms with Gasteiger partial charge in [-0.3, -0.25) is 4.98 Å². The van der Waals surface area contributed by atoms with E-state index in [1.54, 1.807) is 0 Å². The van der Waals surface area contributed by atoms with Crippen LogP contribution >= 0.6 is 0 Å².